The van der Waals surface area contributed by atoms with Crippen molar-refractivity contribution in [2.24, 2.45) is 0 Å². The van der Waals surface area contributed by atoms with E-state index in [1.54, 1.807) is 6.07 Å². The third-order valence-electron chi connectivity index (χ3n) is 3.55. The normalized spacial score (nSPS) is 11.0. The van der Waals surface area contributed by atoms with E-state index in [-0.39, 0.29) is 17.2 Å². The number of amides is 1. The van der Waals surface area contributed by atoms with Crippen molar-refractivity contribution in [3.8, 4) is 11.5 Å². The number of nitrogens with zero attached hydrogens (tertiary/aromatic N) is 1. The predicted octanol–water partition coefficient (Wildman–Crippen LogP) is 2.25. The second-order valence-corrected chi connectivity index (χ2v) is 5.42. The molecule has 1 amide bonds. The van der Waals surface area contributed by atoms with Crippen LogP contribution in [0, 0.1) is 0 Å². The Kier molecular flexibility index (Phi) is 7.02. The summed E-state index contributed by atoms with van der Waals surface area (Å²) in [6.07, 6.45) is 1.94. The fraction of sp³-hybridized carbons (Fsp3) is 0.562. The predicted molar refractivity (Wildman–Crippen MR) is 84.0 cm³/mol. The Labute approximate surface area is 126 Å². The lowest BCUT2D eigenvalue weighted by molar-refractivity contribution is 0.0949. The molecule has 0 bridgehead atoms. The summed E-state index contributed by atoms with van der Waals surface area (Å²) in [6, 6.07) is 5.16. The van der Waals surface area contributed by atoms with Gasteiger partial charge in [-0.3, -0.25) is 4.79 Å². The summed E-state index contributed by atoms with van der Waals surface area (Å²) in [5.41, 5.74) is 0.244. The number of rotatable bonds is 8. The summed E-state index contributed by atoms with van der Waals surface area (Å²) in [4.78, 5) is 14.3. The molecular formula is C16H26N2O3. The van der Waals surface area contributed by atoms with E-state index in [1.807, 2.05) is 0 Å². The highest BCUT2D eigenvalue weighted by atomic mass is 16.5. The van der Waals surface area contributed by atoms with Crippen LogP contribution in [0.3, 0.4) is 0 Å². The van der Waals surface area contributed by atoms with Gasteiger partial charge in [0, 0.05) is 12.6 Å². The van der Waals surface area contributed by atoms with Gasteiger partial charge in [0.1, 0.15) is 11.5 Å². The van der Waals surface area contributed by atoms with Gasteiger partial charge in [0.05, 0.1) is 12.7 Å². The molecule has 0 aliphatic heterocycles. The maximum atomic E-state index is 12.0. The van der Waals surface area contributed by atoms with Gasteiger partial charge in [-0.1, -0.05) is 0 Å². The number of ether oxygens (including phenoxy) is 1. The van der Waals surface area contributed by atoms with Gasteiger partial charge in [-0.25, -0.2) is 0 Å². The quantitative estimate of drug-likeness (QED) is 0.722. The molecule has 0 saturated heterocycles. The van der Waals surface area contributed by atoms with Crippen LogP contribution in [-0.2, 0) is 0 Å². The molecule has 21 heavy (non-hydrogen) atoms. The molecule has 1 aromatic rings. The molecule has 1 aromatic carbocycles. The largest absolute Gasteiger partial charge is 0.507 e. The van der Waals surface area contributed by atoms with E-state index in [1.165, 1.54) is 19.2 Å². The third-order valence-corrected chi connectivity index (χ3v) is 3.55. The van der Waals surface area contributed by atoms with Gasteiger partial charge in [-0.2, -0.15) is 0 Å². The molecule has 0 spiro atoms. The third kappa shape index (κ3) is 5.63. The van der Waals surface area contributed by atoms with Gasteiger partial charge in [-0.05, 0) is 58.5 Å². The van der Waals surface area contributed by atoms with Crippen molar-refractivity contribution < 1.29 is 14.6 Å². The first-order valence-corrected chi connectivity index (χ1v) is 7.31. The summed E-state index contributed by atoms with van der Waals surface area (Å²) in [5.74, 6) is 0.243. The van der Waals surface area contributed by atoms with Crippen LogP contribution in [0.1, 0.15) is 37.0 Å². The Morgan fingerprint density at radius 2 is 2.10 bits per heavy atom. The molecule has 2 N–H and O–H groups in total. The van der Waals surface area contributed by atoms with E-state index in [2.05, 4.69) is 31.1 Å². The van der Waals surface area contributed by atoms with Gasteiger partial charge < -0.3 is 20.1 Å². The molecule has 5 nitrogen and oxygen atoms in total. The lowest BCUT2D eigenvalue weighted by atomic mass is 10.1. The molecule has 118 valence electrons. The minimum Gasteiger partial charge on any atom is -0.507 e. The summed E-state index contributed by atoms with van der Waals surface area (Å²) >= 11 is 0. The first kappa shape index (κ1) is 17.3. The van der Waals surface area contributed by atoms with Crippen molar-refractivity contribution in [2.45, 2.75) is 32.7 Å². The number of unbranched alkanes of at least 4 members (excludes halogenated alkanes) is 1. The maximum Gasteiger partial charge on any atom is 0.255 e. The fourth-order valence-electron chi connectivity index (χ4n) is 1.87. The molecule has 0 aliphatic rings. The number of carbonyl (C=O) groups is 1. The maximum absolute atomic E-state index is 12.0. The van der Waals surface area contributed by atoms with Crippen LogP contribution in [0.5, 0.6) is 11.5 Å². The van der Waals surface area contributed by atoms with Crippen molar-refractivity contribution in [1.29, 1.82) is 0 Å². The summed E-state index contributed by atoms with van der Waals surface area (Å²) in [5, 5.41) is 12.5. The number of aromatic hydroxyl groups is 1. The van der Waals surface area contributed by atoms with Crippen LogP contribution in [0.15, 0.2) is 18.2 Å². The molecule has 0 fully saturated rings. The van der Waals surface area contributed by atoms with Crippen LogP contribution in [-0.4, -0.2) is 49.2 Å². The average Bonchev–Trinajstić information content (AvgIpc) is 2.46. The molecule has 1 rings (SSSR count). The molecule has 0 atom stereocenters. The first-order chi connectivity index (χ1) is 9.95. The van der Waals surface area contributed by atoms with Gasteiger partial charge in [0.15, 0.2) is 0 Å². The lowest BCUT2D eigenvalue weighted by Crippen LogP contribution is -2.29. The Morgan fingerprint density at radius 3 is 2.71 bits per heavy atom. The zero-order valence-electron chi connectivity index (χ0n) is 13.3. The SMILES string of the molecule is COc1ccc(O)c(C(=O)NCCCCN(C)C(C)C)c1. The fourth-order valence-corrected chi connectivity index (χ4v) is 1.87. The van der Waals surface area contributed by atoms with E-state index in [0.29, 0.717) is 18.3 Å². The average molecular weight is 294 g/mol. The minimum atomic E-state index is -0.274. The Bertz CT molecular complexity index is 461. The van der Waals surface area contributed by atoms with Gasteiger partial charge in [0.2, 0.25) is 0 Å². The standard InChI is InChI=1S/C16H26N2O3/c1-12(2)18(3)10-6-5-9-17-16(20)14-11-13(21-4)7-8-15(14)19/h7-8,11-12,19H,5-6,9-10H2,1-4H3,(H,17,20). The molecule has 0 aliphatic carbocycles. The number of benzene rings is 1. The van der Waals surface area contributed by atoms with Crippen LogP contribution in [0.4, 0.5) is 0 Å². The van der Waals surface area contributed by atoms with E-state index in [0.717, 1.165) is 19.4 Å². The van der Waals surface area contributed by atoms with Crippen molar-refractivity contribution in [3.05, 3.63) is 23.8 Å². The van der Waals surface area contributed by atoms with E-state index < -0.39 is 0 Å². The number of phenols is 1. The second kappa shape index (κ2) is 8.52. The highest BCUT2D eigenvalue weighted by molar-refractivity contribution is 5.97. The molecule has 5 heteroatoms. The van der Waals surface area contributed by atoms with Crippen molar-refractivity contribution in [3.63, 3.8) is 0 Å². The van der Waals surface area contributed by atoms with Crippen molar-refractivity contribution in [2.75, 3.05) is 27.2 Å². The monoisotopic (exact) mass is 294 g/mol. The number of hydrogen-bond donors (Lipinski definition) is 2. The molecule has 0 unspecified atom stereocenters. The first-order valence-electron chi connectivity index (χ1n) is 7.31. The smallest absolute Gasteiger partial charge is 0.255 e. The highest BCUT2D eigenvalue weighted by Gasteiger charge is 2.11. The van der Waals surface area contributed by atoms with E-state index >= 15 is 0 Å². The number of phenolic OH excluding ortho intramolecular Hbond substituents is 1. The summed E-state index contributed by atoms with van der Waals surface area (Å²) in [7, 11) is 3.62. The molecule has 0 radical (unpaired) electrons. The van der Waals surface area contributed by atoms with Gasteiger partial charge in [-0.15, -0.1) is 0 Å². The Hall–Kier alpha value is -1.75. The number of nitrogens with one attached hydrogen (secondary N) is 1. The van der Waals surface area contributed by atoms with Crippen LogP contribution in [0.25, 0.3) is 0 Å². The number of carbonyl (C=O) groups excluding carboxylic acids is 1. The molecular weight excluding hydrogens is 268 g/mol. The summed E-state index contributed by atoms with van der Waals surface area (Å²) in [6.45, 7) is 5.93. The van der Waals surface area contributed by atoms with E-state index in [9.17, 15) is 9.90 Å². The summed E-state index contributed by atoms with van der Waals surface area (Å²) < 4.78 is 5.06. The Balaban J connectivity index is 2.37. The zero-order valence-corrected chi connectivity index (χ0v) is 13.3. The number of hydrogen-bond acceptors (Lipinski definition) is 4. The lowest BCUT2D eigenvalue weighted by Gasteiger charge is -2.20. The minimum absolute atomic E-state index is 0.0344. The van der Waals surface area contributed by atoms with Crippen molar-refractivity contribution in [1.82, 2.24) is 10.2 Å². The highest BCUT2D eigenvalue weighted by Crippen LogP contribution is 2.22. The van der Waals surface area contributed by atoms with Gasteiger partial charge in [0.25, 0.3) is 5.91 Å². The molecule has 0 saturated carbocycles. The topological polar surface area (TPSA) is 61.8 Å². The zero-order chi connectivity index (χ0) is 15.8. The van der Waals surface area contributed by atoms with Crippen LogP contribution >= 0.6 is 0 Å². The van der Waals surface area contributed by atoms with Crippen molar-refractivity contribution >= 4 is 5.91 Å². The van der Waals surface area contributed by atoms with Gasteiger partial charge >= 0.3 is 0 Å². The van der Waals surface area contributed by atoms with Crippen LogP contribution < -0.4 is 10.1 Å². The number of methoxy groups -OCH3 is 1. The van der Waals surface area contributed by atoms with Crippen LogP contribution in [0.2, 0.25) is 0 Å². The second-order valence-electron chi connectivity index (χ2n) is 5.42. The molecule has 0 aromatic heterocycles. The molecule has 0 heterocycles. The van der Waals surface area contributed by atoms with E-state index in [4.69, 9.17) is 4.74 Å². The Morgan fingerprint density at radius 1 is 1.38 bits per heavy atom.